The van der Waals surface area contributed by atoms with Crippen LogP contribution in [0.3, 0.4) is 0 Å². The normalized spacial score (nSPS) is 11.2. The molecule has 0 bridgehead atoms. The molecule has 4 aromatic rings. The topological polar surface area (TPSA) is 90.0 Å². The van der Waals surface area contributed by atoms with Gasteiger partial charge in [-0.3, -0.25) is 9.59 Å². The third-order valence-corrected chi connectivity index (χ3v) is 4.83. The zero-order valence-electron chi connectivity index (χ0n) is 14.0. The predicted molar refractivity (Wildman–Crippen MR) is 103 cm³/mol. The molecule has 0 spiro atoms. The first-order valence-corrected chi connectivity index (χ1v) is 8.66. The van der Waals surface area contributed by atoms with Gasteiger partial charge in [0.2, 0.25) is 5.91 Å². The van der Waals surface area contributed by atoms with Crippen molar-refractivity contribution < 1.29 is 9.21 Å². The van der Waals surface area contributed by atoms with Crippen LogP contribution in [0.25, 0.3) is 21.9 Å². The smallest absolute Gasteiger partial charge is 0.274 e. The number of anilines is 1. The first-order chi connectivity index (χ1) is 12.9. The molecule has 0 aliphatic heterocycles. The van der Waals surface area contributed by atoms with Crippen LogP contribution in [0, 0.1) is 0 Å². The molecule has 4 rings (SSSR count). The van der Waals surface area contributed by atoms with E-state index in [0.29, 0.717) is 33.3 Å². The van der Waals surface area contributed by atoms with Crippen LogP contribution < -0.4 is 10.9 Å². The molecule has 0 unspecified atom stereocenters. The molecule has 0 radical (unpaired) electrons. The van der Waals surface area contributed by atoms with Gasteiger partial charge in [0.15, 0.2) is 12.0 Å². The van der Waals surface area contributed by atoms with Crippen molar-refractivity contribution in [3.8, 4) is 0 Å². The van der Waals surface area contributed by atoms with Crippen LogP contribution in [0.2, 0.25) is 10.0 Å². The summed E-state index contributed by atoms with van der Waals surface area (Å²) in [5.41, 5.74) is 1.94. The fraction of sp³-hybridized carbons (Fsp3) is 0.111. The Labute approximate surface area is 162 Å². The van der Waals surface area contributed by atoms with E-state index in [-0.39, 0.29) is 27.9 Å². The van der Waals surface area contributed by atoms with Crippen LogP contribution in [0.1, 0.15) is 5.69 Å². The molecule has 2 aromatic carbocycles. The minimum Gasteiger partial charge on any atom is -0.443 e. The van der Waals surface area contributed by atoms with E-state index in [0.717, 1.165) is 0 Å². The van der Waals surface area contributed by atoms with Crippen molar-refractivity contribution in [2.75, 3.05) is 5.32 Å². The number of amides is 1. The van der Waals surface area contributed by atoms with E-state index < -0.39 is 0 Å². The number of hydrogen-bond acceptors (Lipinski definition) is 5. The number of oxazole rings is 1. The molecule has 1 N–H and O–H groups in total. The average molecular weight is 403 g/mol. The van der Waals surface area contributed by atoms with E-state index in [2.05, 4.69) is 15.4 Å². The van der Waals surface area contributed by atoms with Gasteiger partial charge in [0.1, 0.15) is 5.52 Å². The minimum atomic E-state index is -0.316. The lowest BCUT2D eigenvalue weighted by molar-refractivity contribution is -0.115. The Morgan fingerprint density at radius 1 is 1.19 bits per heavy atom. The molecular formula is C18H12Cl2N4O3. The number of aryl methyl sites for hydroxylation is 1. The van der Waals surface area contributed by atoms with Gasteiger partial charge in [0.05, 0.1) is 27.5 Å². The van der Waals surface area contributed by atoms with Crippen LogP contribution >= 0.6 is 23.2 Å². The van der Waals surface area contributed by atoms with E-state index >= 15 is 0 Å². The van der Waals surface area contributed by atoms with Gasteiger partial charge in [-0.2, -0.15) is 5.10 Å². The molecule has 0 fully saturated rings. The summed E-state index contributed by atoms with van der Waals surface area (Å²) < 4.78 is 6.41. The van der Waals surface area contributed by atoms with Gasteiger partial charge in [0, 0.05) is 24.2 Å². The maximum Gasteiger partial charge on any atom is 0.274 e. The molecule has 9 heteroatoms. The number of nitrogens with zero attached hydrogens (tertiary/aromatic N) is 3. The van der Waals surface area contributed by atoms with Crippen LogP contribution in [0.4, 0.5) is 5.69 Å². The van der Waals surface area contributed by atoms with Gasteiger partial charge < -0.3 is 9.73 Å². The second kappa shape index (κ2) is 6.68. The monoisotopic (exact) mass is 402 g/mol. The van der Waals surface area contributed by atoms with Crippen LogP contribution in [0.15, 0.2) is 45.9 Å². The minimum absolute atomic E-state index is 0.0446. The highest BCUT2D eigenvalue weighted by atomic mass is 35.5. The Morgan fingerprint density at radius 2 is 1.93 bits per heavy atom. The van der Waals surface area contributed by atoms with Crippen molar-refractivity contribution in [3.63, 3.8) is 0 Å². The second-order valence-electron chi connectivity index (χ2n) is 5.95. The molecule has 2 heterocycles. The molecule has 0 aliphatic carbocycles. The van der Waals surface area contributed by atoms with Crippen molar-refractivity contribution in [2.45, 2.75) is 6.42 Å². The van der Waals surface area contributed by atoms with Crippen LogP contribution in [-0.2, 0) is 18.3 Å². The zero-order valence-corrected chi connectivity index (χ0v) is 15.5. The van der Waals surface area contributed by atoms with E-state index in [9.17, 15) is 9.59 Å². The summed E-state index contributed by atoms with van der Waals surface area (Å²) in [7, 11) is 1.52. The molecule has 0 atom stereocenters. The standard InChI is InChI=1S/C18H12Cl2N4O3/c1-24-18(26)11-6-13(20)12(19)5-10(11)15(23-24)7-17(25)22-9-2-3-14-16(4-9)27-8-21-14/h2-6,8H,7H2,1H3,(H,22,25). The molecule has 0 aliphatic rings. The second-order valence-corrected chi connectivity index (χ2v) is 6.76. The molecule has 2 aromatic heterocycles. The van der Waals surface area contributed by atoms with E-state index in [1.54, 1.807) is 24.3 Å². The molecule has 7 nitrogen and oxygen atoms in total. The van der Waals surface area contributed by atoms with Gasteiger partial charge in [-0.05, 0) is 24.3 Å². The number of carbonyl (C=O) groups is 1. The fourth-order valence-corrected chi connectivity index (χ4v) is 3.17. The lowest BCUT2D eigenvalue weighted by atomic mass is 10.1. The Morgan fingerprint density at radius 3 is 2.70 bits per heavy atom. The third kappa shape index (κ3) is 3.27. The van der Waals surface area contributed by atoms with E-state index in [1.165, 1.54) is 24.2 Å². The summed E-state index contributed by atoms with van der Waals surface area (Å²) in [5.74, 6) is -0.299. The number of halogens is 2. The number of benzene rings is 2. The number of carbonyl (C=O) groups excluding carboxylic acids is 1. The first kappa shape index (κ1) is 17.5. The van der Waals surface area contributed by atoms with Crippen LogP contribution in [-0.4, -0.2) is 20.7 Å². The predicted octanol–water partition coefficient (Wildman–Crippen LogP) is 3.56. The van der Waals surface area contributed by atoms with Gasteiger partial charge in [-0.1, -0.05) is 23.2 Å². The summed E-state index contributed by atoms with van der Waals surface area (Å²) in [5, 5.41) is 8.40. The average Bonchev–Trinajstić information content (AvgIpc) is 3.09. The molecule has 27 heavy (non-hydrogen) atoms. The summed E-state index contributed by atoms with van der Waals surface area (Å²) in [4.78, 5) is 28.8. The highest BCUT2D eigenvalue weighted by Gasteiger charge is 2.15. The van der Waals surface area contributed by atoms with E-state index in [4.69, 9.17) is 27.6 Å². The van der Waals surface area contributed by atoms with Crippen molar-refractivity contribution in [3.05, 3.63) is 62.8 Å². The fourth-order valence-electron chi connectivity index (χ4n) is 2.84. The number of fused-ring (bicyclic) bond motifs is 2. The highest BCUT2D eigenvalue weighted by molar-refractivity contribution is 6.42. The number of hydrogen-bond donors (Lipinski definition) is 1. The van der Waals surface area contributed by atoms with E-state index in [1.807, 2.05) is 0 Å². The SMILES string of the molecule is Cn1nc(CC(=O)Nc2ccc3ncoc3c2)c2cc(Cl)c(Cl)cc2c1=O. The van der Waals surface area contributed by atoms with Crippen molar-refractivity contribution in [2.24, 2.45) is 7.05 Å². The van der Waals surface area contributed by atoms with Gasteiger partial charge >= 0.3 is 0 Å². The summed E-state index contributed by atoms with van der Waals surface area (Å²) in [6, 6.07) is 8.20. The highest BCUT2D eigenvalue weighted by Crippen LogP contribution is 2.28. The summed E-state index contributed by atoms with van der Waals surface area (Å²) >= 11 is 12.1. The van der Waals surface area contributed by atoms with Gasteiger partial charge in [-0.15, -0.1) is 0 Å². The Kier molecular flexibility index (Phi) is 4.33. The third-order valence-electron chi connectivity index (χ3n) is 4.11. The van der Waals surface area contributed by atoms with Gasteiger partial charge in [-0.25, -0.2) is 9.67 Å². The maximum absolute atomic E-state index is 12.5. The number of rotatable bonds is 3. The molecule has 136 valence electrons. The Hall–Kier alpha value is -2.90. The Balaban J connectivity index is 1.67. The van der Waals surface area contributed by atoms with Gasteiger partial charge in [0.25, 0.3) is 5.56 Å². The molecule has 0 saturated carbocycles. The molecule has 1 amide bonds. The number of aromatic nitrogens is 3. The number of nitrogens with one attached hydrogen (secondary N) is 1. The largest absolute Gasteiger partial charge is 0.443 e. The van der Waals surface area contributed by atoms with Crippen LogP contribution in [0.5, 0.6) is 0 Å². The molecular weight excluding hydrogens is 391 g/mol. The lowest BCUT2D eigenvalue weighted by Crippen LogP contribution is -2.24. The van der Waals surface area contributed by atoms with Crippen molar-refractivity contribution in [1.29, 1.82) is 0 Å². The maximum atomic E-state index is 12.5. The summed E-state index contributed by atoms with van der Waals surface area (Å²) in [6.45, 7) is 0. The first-order valence-electron chi connectivity index (χ1n) is 7.90. The van der Waals surface area contributed by atoms with Crippen molar-refractivity contribution >= 4 is 56.7 Å². The Bertz CT molecular complexity index is 1260. The van der Waals surface area contributed by atoms with Crippen molar-refractivity contribution in [1.82, 2.24) is 14.8 Å². The quantitative estimate of drug-likeness (QED) is 0.565. The summed E-state index contributed by atoms with van der Waals surface area (Å²) in [6.07, 6.45) is 1.29. The molecule has 0 saturated heterocycles. The zero-order chi connectivity index (χ0) is 19.1. The lowest BCUT2D eigenvalue weighted by Gasteiger charge is -2.10.